The van der Waals surface area contributed by atoms with Gasteiger partial charge in [-0.25, -0.2) is 9.97 Å². The van der Waals surface area contributed by atoms with Crippen LogP contribution in [-0.2, 0) is 26.2 Å². The Balaban J connectivity index is 1.31. The first-order valence-corrected chi connectivity index (χ1v) is 13.8. The van der Waals surface area contributed by atoms with Gasteiger partial charge >= 0.3 is 0 Å². The average Bonchev–Trinajstić information content (AvgIpc) is 3.06. The standard InChI is InChI=1S/C34H30N8/c1-5-19-35-27(11-1)23-41(24-28-12-2-6-20-36-28)33-17-9-15-31(39-33)32-16-10-18-34(40-32)42(25-29-13-3-7-21-37-29)26-30-14-4-8-22-38-30/h1-22H,23-26H2. The lowest BCUT2D eigenvalue weighted by atomic mass is 10.2. The van der Waals surface area contributed by atoms with Crippen LogP contribution in [0.2, 0.25) is 0 Å². The van der Waals surface area contributed by atoms with E-state index in [1.54, 1.807) is 0 Å². The first-order chi connectivity index (χ1) is 20.8. The van der Waals surface area contributed by atoms with E-state index < -0.39 is 0 Å². The molecule has 0 spiro atoms. The summed E-state index contributed by atoms with van der Waals surface area (Å²) in [5.41, 5.74) is 5.41. The summed E-state index contributed by atoms with van der Waals surface area (Å²) < 4.78 is 0. The van der Waals surface area contributed by atoms with E-state index in [0.29, 0.717) is 26.2 Å². The fourth-order valence-corrected chi connectivity index (χ4v) is 4.67. The Morgan fingerprint density at radius 1 is 0.357 bits per heavy atom. The molecule has 0 bridgehead atoms. The number of nitrogens with zero attached hydrogens (tertiary/aromatic N) is 8. The fraction of sp³-hybridized carbons (Fsp3) is 0.118. The van der Waals surface area contributed by atoms with Crippen LogP contribution in [-0.4, -0.2) is 29.9 Å². The van der Waals surface area contributed by atoms with Gasteiger partial charge in [-0.1, -0.05) is 36.4 Å². The molecule has 6 aromatic rings. The first kappa shape index (κ1) is 26.7. The molecule has 206 valence electrons. The largest absolute Gasteiger partial charge is 0.345 e. The van der Waals surface area contributed by atoms with Crippen molar-refractivity contribution >= 4 is 11.6 Å². The molecule has 8 nitrogen and oxygen atoms in total. The van der Waals surface area contributed by atoms with E-state index in [1.807, 2.05) is 134 Å². The van der Waals surface area contributed by atoms with Crippen LogP contribution < -0.4 is 9.80 Å². The third kappa shape index (κ3) is 6.98. The average molecular weight is 551 g/mol. The molecule has 0 aromatic carbocycles. The molecule has 0 aliphatic heterocycles. The van der Waals surface area contributed by atoms with Crippen molar-refractivity contribution in [3.8, 4) is 11.4 Å². The van der Waals surface area contributed by atoms with Gasteiger partial charge in [0.05, 0.1) is 60.3 Å². The normalized spacial score (nSPS) is 10.8. The Labute approximate surface area is 245 Å². The minimum atomic E-state index is 0.600. The molecule has 6 aromatic heterocycles. The number of rotatable bonds is 11. The molecule has 0 atom stereocenters. The molecule has 6 heterocycles. The maximum Gasteiger partial charge on any atom is 0.130 e. The van der Waals surface area contributed by atoms with Crippen molar-refractivity contribution in [1.82, 2.24) is 29.9 Å². The molecule has 42 heavy (non-hydrogen) atoms. The SMILES string of the molecule is c1ccc(CN(Cc2ccccn2)c2cccc(-c3cccc(N(Cc4ccccn4)Cc4ccccn4)n3)n2)nc1. The third-order valence-corrected chi connectivity index (χ3v) is 6.70. The van der Waals surface area contributed by atoms with E-state index in [9.17, 15) is 0 Å². The summed E-state index contributed by atoms with van der Waals surface area (Å²) in [6.45, 7) is 2.40. The highest BCUT2D eigenvalue weighted by molar-refractivity contribution is 5.60. The van der Waals surface area contributed by atoms with Crippen molar-refractivity contribution in [3.05, 3.63) is 157 Å². The third-order valence-electron chi connectivity index (χ3n) is 6.70. The van der Waals surface area contributed by atoms with Gasteiger partial charge in [0.2, 0.25) is 0 Å². The Kier molecular flexibility index (Phi) is 8.42. The van der Waals surface area contributed by atoms with E-state index in [0.717, 1.165) is 45.8 Å². The van der Waals surface area contributed by atoms with Gasteiger partial charge in [-0.15, -0.1) is 0 Å². The molecule has 0 unspecified atom stereocenters. The first-order valence-electron chi connectivity index (χ1n) is 13.8. The van der Waals surface area contributed by atoms with Crippen molar-refractivity contribution in [2.45, 2.75) is 26.2 Å². The summed E-state index contributed by atoms with van der Waals surface area (Å²) in [4.78, 5) is 32.7. The number of anilines is 2. The van der Waals surface area contributed by atoms with Crippen molar-refractivity contribution in [2.24, 2.45) is 0 Å². The van der Waals surface area contributed by atoms with E-state index in [4.69, 9.17) is 9.97 Å². The summed E-state index contributed by atoms with van der Waals surface area (Å²) in [5, 5.41) is 0. The Bertz CT molecular complexity index is 1470. The van der Waals surface area contributed by atoms with Crippen LogP contribution in [0.15, 0.2) is 134 Å². The van der Waals surface area contributed by atoms with Crippen molar-refractivity contribution < 1.29 is 0 Å². The summed E-state index contributed by atoms with van der Waals surface area (Å²) in [7, 11) is 0. The predicted molar refractivity (Wildman–Crippen MR) is 164 cm³/mol. The van der Waals surface area contributed by atoms with Crippen LogP contribution in [0.4, 0.5) is 11.6 Å². The number of aromatic nitrogens is 6. The molecule has 0 aliphatic carbocycles. The molecule has 0 amide bonds. The van der Waals surface area contributed by atoms with Crippen LogP contribution in [0.3, 0.4) is 0 Å². The Morgan fingerprint density at radius 3 is 0.976 bits per heavy atom. The number of pyridine rings is 6. The minimum Gasteiger partial charge on any atom is -0.345 e. The Morgan fingerprint density at radius 2 is 0.690 bits per heavy atom. The second-order valence-corrected chi connectivity index (χ2v) is 9.76. The minimum absolute atomic E-state index is 0.600. The molecule has 0 fully saturated rings. The summed E-state index contributed by atoms with van der Waals surface area (Å²) in [5.74, 6) is 1.66. The number of hydrogen-bond donors (Lipinski definition) is 0. The molecule has 0 saturated carbocycles. The van der Waals surface area contributed by atoms with Crippen LogP contribution in [0, 0.1) is 0 Å². The monoisotopic (exact) mass is 550 g/mol. The van der Waals surface area contributed by atoms with E-state index in [2.05, 4.69) is 29.7 Å². The topological polar surface area (TPSA) is 83.8 Å². The van der Waals surface area contributed by atoms with Gasteiger partial charge in [0.15, 0.2) is 0 Å². The summed E-state index contributed by atoms with van der Waals surface area (Å²) >= 11 is 0. The lowest BCUT2D eigenvalue weighted by molar-refractivity contribution is 0.750. The fourth-order valence-electron chi connectivity index (χ4n) is 4.67. The van der Waals surface area contributed by atoms with Crippen molar-refractivity contribution in [1.29, 1.82) is 0 Å². The lowest BCUT2D eigenvalue weighted by Gasteiger charge is -2.24. The lowest BCUT2D eigenvalue weighted by Crippen LogP contribution is -2.25. The predicted octanol–water partition coefficient (Wildman–Crippen LogP) is 6.14. The van der Waals surface area contributed by atoms with Crippen LogP contribution in [0.5, 0.6) is 0 Å². The molecule has 0 N–H and O–H groups in total. The van der Waals surface area contributed by atoms with Crippen molar-refractivity contribution in [2.75, 3.05) is 9.80 Å². The summed E-state index contributed by atoms with van der Waals surface area (Å²) in [6, 6.07) is 35.9. The molecule has 8 heteroatoms. The van der Waals surface area contributed by atoms with Crippen LogP contribution in [0.25, 0.3) is 11.4 Å². The van der Waals surface area contributed by atoms with Gasteiger partial charge in [-0.2, -0.15) is 0 Å². The van der Waals surface area contributed by atoms with Crippen molar-refractivity contribution in [3.63, 3.8) is 0 Å². The Hall–Kier alpha value is -5.50. The second-order valence-electron chi connectivity index (χ2n) is 9.76. The highest BCUT2D eigenvalue weighted by Gasteiger charge is 2.16. The molecule has 0 saturated heterocycles. The quantitative estimate of drug-likeness (QED) is 0.190. The number of hydrogen-bond acceptors (Lipinski definition) is 8. The maximum absolute atomic E-state index is 5.07. The molecular weight excluding hydrogens is 520 g/mol. The second kappa shape index (κ2) is 13.2. The zero-order valence-electron chi connectivity index (χ0n) is 23.1. The highest BCUT2D eigenvalue weighted by atomic mass is 15.2. The van der Waals surface area contributed by atoms with Gasteiger partial charge in [0.1, 0.15) is 11.6 Å². The van der Waals surface area contributed by atoms with E-state index in [-0.39, 0.29) is 0 Å². The summed E-state index contributed by atoms with van der Waals surface area (Å²) in [6.07, 6.45) is 7.26. The van der Waals surface area contributed by atoms with E-state index >= 15 is 0 Å². The smallest absolute Gasteiger partial charge is 0.130 e. The van der Waals surface area contributed by atoms with Gasteiger partial charge in [-0.3, -0.25) is 19.9 Å². The van der Waals surface area contributed by atoms with Gasteiger partial charge < -0.3 is 9.80 Å². The maximum atomic E-state index is 5.07. The molecular formula is C34H30N8. The molecule has 0 aliphatic rings. The molecule has 0 radical (unpaired) electrons. The van der Waals surface area contributed by atoms with Gasteiger partial charge in [0, 0.05) is 24.8 Å². The van der Waals surface area contributed by atoms with Crippen LogP contribution in [0.1, 0.15) is 22.8 Å². The van der Waals surface area contributed by atoms with E-state index in [1.165, 1.54) is 0 Å². The van der Waals surface area contributed by atoms with Crippen LogP contribution >= 0.6 is 0 Å². The van der Waals surface area contributed by atoms with Gasteiger partial charge in [0.25, 0.3) is 0 Å². The zero-order chi connectivity index (χ0) is 28.4. The molecule has 6 rings (SSSR count). The van der Waals surface area contributed by atoms with Gasteiger partial charge in [-0.05, 0) is 72.8 Å². The zero-order valence-corrected chi connectivity index (χ0v) is 23.1. The highest BCUT2D eigenvalue weighted by Crippen LogP contribution is 2.25.